The highest BCUT2D eigenvalue weighted by atomic mass is 32.1. The average molecular weight is 278 g/mol. The summed E-state index contributed by atoms with van der Waals surface area (Å²) in [7, 11) is 0. The molecule has 100 valence electrons. The second-order valence-corrected chi connectivity index (χ2v) is 4.91. The van der Waals surface area contributed by atoms with Crippen molar-refractivity contribution in [2.24, 2.45) is 0 Å². The van der Waals surface area contributed by atoms with Crippen molar-refractivity contribution in [3.05, 3.63) is 40.6 Å². The van der Waals surface area contributed by atoms with Crippen molar-refractivity contribution in [1.29, 1.82) is 0 Å². The monoisotopic (exact) mass is 278 g/mol. The normalized spacial score (nSPS) is 11.8. The lowest BCUT2D eigenvalue weighted by molar-refractivity contribution is -0.122. The van der Waals surface area contributed by atoms with E-state index < -0.39 is 6.04 Å². The molecule has 2 rings (SSSR count). The van der Waals surface area contributed by atoms with Gasteiger partial charge in [-0.15, -0.1) is 11.3 Å². The molecule has 0 aliphatic heterocycles. The summed E-state index contributed by atoms with van der Waals surface area (Å²) < 4.78 is 0. The molecular weight excluding hydrogens is 264 g/mol. The summed E-state index contributed by atoms with van der Waals surface area (Å²) in [5, 5.41) is 7.18. The van der Waals surface area contributed by atoms with E-state index >= 15 is 0 Å². The maximum atomic E-state index is 11.8. The Morgan fingerprint density at radius 3 is 3.00 bits per heavy atom. The Morgan fingerprint density at radius 2 is 2.37 bits per heavy atom. The van der Waals surface area contributed by atoms with Crippen LogP contribution in [0.15, 0.2) is 30.0 Å². The highest BCUT2D eigenvalue weighted by molar-refractivity contribution is 7.12. The van der Waals surface area contributed by atoms with E-state index in [0.717, 1.165) is 5.69 Å². The third kappa shape index (κ3) is 3.65. The quantitative estimate of drug-likeness (QED) is 0.759. The van der Waals surface area contributed by atoms with E-state index in [1.54, 1.807) is 31.6 Å². The number of hydrogen-bond donors (Lipinski definition) is 3. The largest absolute Gasteiger partial charge is 0.349 e. The molecule has 0 spiro atoms. The van der Waals surface area contributed by atoms with E-state index in [1.807, 2.05) is 5.38 Å². The Labute approximate surface area is 114 Å². The maximum Gasteiger partial charge on any atom is 0.261 e. The number of nitrogens with zero attached hydrogens (tertiary/aromatic N) is 1. The summed E-state index contributed by atoms with van der Waals surface area (Å²) >= 11 is 1.34. The molecule has 0 aliphatic carbocycles. The van der Waals surface area contributed by atoms with Crippen LogP contribution in [0.2, 0.25) is 0 Å². The molecule has 0 aromatic carbocycles. The average Bonchev–Trinajstić information content (AvgIpc) is 3.08. The molecular formula is C12H14N4O2S. The van der Waals surface area contributed by atoms with Crippen molar-refractivity contribution in [1.82, 2.24) is 20.6 Å². The number of thiophene rings is 1. The van der Waals surface area contributed by atoms with Gasteiger partial charge in [0.2, 0.25) is 5.91 Å². The van der Waals surface area contributed by atoms with Crippen molar-refractivity contribution < 1.29 is 9.59 Å². The van der Waals surface area contributed by atoms with Gasteiger partial charge in [-0.05, 0) is 18.4 Å². The van der Waals surface area contributed by atoms with Crippen molar-refractivity contribution >= 4 is 23.2 Å². The fraction of sp³-hybridized carbons (Fsp3) is 0.250. The molecule has 1 atom stereocenters. The fourth-order valence-corrected chi connectivity index (χ4v) is 2.08. The number of H-pyrrole nitrogens is 1. The van der Waals surface area contributed by atoms with Crippen LogP contribution < -0.4 is 10.6 Å². The molecule has 7 heteroatoms. The number of aromatic nitrogens is 2. The molecule has 1 unspecified atom stereocenters. The van der Waals surface area contributed by atoms with Gasteiger partial charge in [-0.25, -0.2) is 4.98 Å². The molecule has 0 aliphatic rings. The second kappa shape index (κ2) is 6.14. The minimum Gasteiger partial charge on any atom is -0.349 e. The first-order valence-electron chi connectivity index (χ1n) is 5.76. The zero-order valence-electron chi connectivity index (χ0n) is 10.3. The summed E-state index contributed by atoms with van der Waals surface area (Å²) in [6, 6.07) is 2.93. The summed E-state index contributed by atoms with van der Waals surface area (Å²) in [4.78, 5) is 30.9. The number of rotatable bonds is 5. The Balaban J connectivity index is 1.80. The topological polar surface area (TPSA) is 86.9 Å². The summed E-state index contributed by atoms with van der Waals surface area (Å²) in [6.45, 7) is 2.01. The van der Waals surface area contributed by atoms with Crippen molar-refractivity contribution in [3.8, 4) is 0 Å². The first-order valence-corrected chi connectivity index (χ1v) is 6.64. The number of nitrogens with one attached hydrogen (secondary N) is 3. The zero-order valence-corrected chi connectivity index (χ0v) is 11.2. The minimum atomic E-state index is -0.586. The zero-order chi connectivity index (χ0) is 13.7. The standard InChI is InChI=1S/C12H14N4O2S/c1-8(16-12(18)10-3-2-4-19-10)11(17)14-6-9-5-13-7-15-9/h2-5,7-8H,6H2,1H3,(H,13,15)(H,14,17)(H,16,18). The molecule has 6 nitrogen and oxygen atoms in total. The van der Waals surface area contributed by atoms with E-state index in [2.05, 4.69) is 20.6 Å². The Kier molecular flexibility index (Phi) is 4.30. The van der Waals surface area contributed by atoms with E-state index in [1.165, 1.54) is 11.3 Å². The number of hydrogen-bond acceptors (Lipinski definition) is 4. The number of carbonyl (C=O) groups excluding carboxylic acids is 2. The predicted molar refractivity (Wildman–Crippen MR) is 71.7 cm³/mol. The van der Waals surface area contributed by atoms with Gasteiger partial charge in [0.25, 0.3) is 5.91 Å². The Hall–Kier alpha value is -2.15. The lowest BCUT2D eigenvalue weighted by Gasteiger charge is -2.13. The maximum absolute atomic E-state index is 11.8. The number of aromatic amines is 1. The first kappa shape index (κ1) is 13.3. The molecule has 2 amide bonds. The molecule has 0 saturated carbocycles. The number of amides is 2. The van der Waals surface area contributed by atoms with E-state index in [-0.39, 0.29) is 11.8 Å². The van der Waals surface area contributed by atoms with Crippen LogP contribution in [-0.2, 0) is 11.3 Å². The lowest BCUT2D eigenvalue weighted by atomic mass is 10.3. The van der Waals surface area contributed by atoms with Gasteiger partial charge in [0.15, 0.2) is 0 Å². The molecule has 2 aromatic heterocycles. The fourth-order valence-electron chi connectivity index (χ4n) is 1.46. The molecule has 2 heterocycles. The lowest BCUT2D eigenvalue weighted by Crippen LogP contribution is -2.44. The van der Waals surface area contributed by atoms with Gasteiger partial charge in [0, 0.05) is 6.20 Å². The Morgan fingerprint density at radius 1 is 1.53 bits per heavy atom. The van der Waals surface area contributed by atoms with Crippen LogP contribution in [0.5, 0.6) is 0 Å². The van der Waals surface area contributed by atoms with Gasteiger partial charge in [0.1, 0.15) is 6.04 Å². The highest BCUT2D eigenvalue weighted by Crippen LogP contribution is 2.08. The number of imidazole rings is 1. The molecule has 0 radical (unpaired) electrons. The van der Waals surface area contributed by atoms with Crippen LogP contribution in [0.4, 0.5) is 0 Å². The second-order valence-electron chi connectivity index (χ2n) is 3.97. The van der Waals surface area contributed by atoms with Gasteiger partial charge < -0.3 is 15.6 Å². The van der Waals surface area contributed by atoms with Crippen molar-refractivity contribution in [3.63, 3.8) is 0 Å². The van der Waals surface area contributed by atoms with Crippen LogP contribution in [0.3, 0.4) is 0 Å². The SMILES string of the molecule is CC(NC(=O)c1cccs1)C(=O)NCc1cnc[nH]1. The molecule has 3 N–H and O–H groups in total. The summed E-state index contributed by atoms with van der Waals surface area (Å²) in [5.41, 5.74) is 0.810. The van der Waals surface area contributed by atoms with Gasteiger partial charge in [0.05, 0.1) is 23.4 Å². The van der Waals surface area contributed by atoms with Gasteiger partial charge in [-0.2, -0.15) is 0 Å². The highest BCUT2D eigenvalue weighted by Gasteiger charge is 2.16. The van der Waals surface area contributed by atoms with Crippen LogP contribution in [0, 0.1) is 0 Å². The van der Waals surface area contributed by atoms with Crippen LogP contribution in [-0.4, -0.2) is 27.8 Å². The molecule has 0 saturated heterocycles. The van der Waals surface area contributed by atoms with Gasteiger partial charge in [-0.1, -0.05) is 6.07 Å². The van der Waals surface area contributed by atoms with E-state index in [0.29, 0.717) is 11.4 Å². The van der Waals surface area contributed by atoms with Crippen LogP contribution in [0.25, 0.3) is 0 Å². The van der Waals surface area contributed by atoms with E-state index in [9.17, 15) is 9.59 Å². The first-order chi connectivity index (χ1) is 9.16. The van der Waals surface area contributed by atoms with Crippen LogP contribution >= 0.6 is 11.3 Å². The molecule has 19 heavy (non-hydrogen) atoms. The molecule has 0 bridgehead atoms. The van der Waals surface area contributed by atoms with Gasteiger partial charge >= 0.3 is 0 Å². The third-order valence-corrected chi connectivity index (χ3v) is 3.36. The molecule has 2 aromatic rings. The summed E-state index contributed by atoms with van der Waals surface area (Å²) in [5.74, 6) is -0.473. The number of carbonyl (C=O) groups is 2. The summed E-state index contributed by atoms with van der Waals surface area (Å²) in [6.07, 6.45) is 3.18. The molecule has 0 fully saturated rings. The van der Waals surface area contributed by atoms with Crippen LogP contribution in [0.1, 0.15) is 22.3 Å². The third-order valence-electron chi connectivity index (χ3n) is 2.49. The van der Waals surface area contributed by atoms with Crippen molar-refractivity contribution in [2.45, 2.75) is 19.5 Å². The van der Waals surface area contributed by atoms with Gasteiger partial charge in [-0.3, -0.25) is 9.59 Å². The smallest absolute Gasteiger partial charge is 0.261 e. The van der Waals surface area contributed by atoms with E-state index in [4.69, 9.17) is 0 Å². The minimum absolute atomic E-state index is 0.237. The Bertz CT molecular complexity index is 536. The van der Waals surface area contributed by atoms with Crippen molar-refractivity contribution in [2.75, 3.05) is 0 Å². The predicted octanol–water partition coefficient (Wildman–Crippen LogP) is 0.906.